The summed E-state index contributed by atoms with van der Waals surface area (Å²) < 4.78 is 5.29. The van der Waals surface area contributed by atoms with Crippen LogP contribution in [0.1, 0.15) is 50.1 Å². The van der Waals surface area contributed by atoms with Gasteiger partial charge in [0, 0.05) is 5.54 Å². The minimum absolute atomic E-state index is 0.208. The fourth-order valence-corrected chi connectivity index (χ4v) is 3.88. The van der Waals surface area contributed by atoms with Gasteiger partial charge in [-0.2, -0.15) is 0 Å². The molecule has 0 heterocycles. The average molecular weight is 290 g/mol. The Morgan fingerprint density at radius 2 is 1.62 bits per heavy atom. The maximum atomic E-state index is 5.29. The number of nitrogens with zero attached hydrogens (tertiary/aromatic N) is 1. The van der Waals surface area contributed by atoms with Crippen LogP contribution in [0.3, 0.4) is 0 Å². The first-order valence-electron chi connectivity index (χ1n) is 8.12. The summed E-state index contributed by atoms with van der Waals surface area (Å²) in [6.45, 7) is 0. The predicted octanol–water partition coefficient (Wildman–Crippen LogP) is 3.61. The topological polar surface area (TPSA) is 24.5 Å². The standard InChI is InChI=1S/C18H30N2O/c1-19-17(15-9-11-16(21-4)12-10-15)18(20(2)3)13-7-5-6-8-14-18/h9-12,17,19H,5-8,13-14H2,1-4H3. The van der Waals surface area contributed by atoms with Crippen LogP contribution in [-0.4, -0.2) is 38.7 Å². The van der Waals surface area contributed by atoms with E-state index in [1.165, 1.54) is 44.1 Å². The fraction of sp³-hybridized carbons (Fsp3) is 0.667. The summed E-state index contributed by atoms with van der Waals surface area (Å²) in [7, 11) is 8.28. The van der Waals surface area contributed by atoms with Gasteiger partial charge < -0.3 is 15.0 Å². The molecule has 1 aromatic carbocycles. The van der Waals surface area contributed by atoms with Gasteiger partial charge in [-0.25, -0.2) is 0 Å². The van der Waals surface area contributed by atoms with E-state index < -0.39 is 0 Å². The highest BCUT2D eigenvalue weighted by molar-refractivity contribution is 5.31. The van der Waals surface area contributed by atoms with E-state index in [4.69, 9.17) is 4.74 Å². The Morgan fingerprint density at radius 1 is 1.05 bits per heavy atom. The van der Waals surface area contributed by atoms with Gasteiger partial charge in [-0.15, -0.1) is 0 Å². The van der Waals surface area contributed by atoms with E-state index in [9.17, 15) is 0 Å². The SMILES string of the molecule is CNC(c1ccc(OC)cc1)C1(N(C)C)CCCCCC1. The molecule has 1 fully saturated rings. The van der Waals surface area contributed by atoms with E-state index in [0.29, 0.717) is 6.04 Å². The zero-order chi connectivity index (χ0) is 15.3. The monoisotopic (exact) mass is 290 g/mol. The summed E-state index contributed by atoms with van der Waals surface area (Å²) in [5.41, 5.74) is 1.56. The molecule has 3 heteroatoms. The molecule has 0 aromatic heterocycles. The summed E-state index contributed by atoms with van der Waals surface area (Å²) in [5, 5.41) is 3.59. The van der Waals surface area contributed by atoms with Gasteiger partial charge in [0.05, 0.1) is 13.2 Å². The summed E-state index contributed by atoms with van der Waals surface area (Å²) in [6.07, 6.45) is 7.91. The highest BCUT2D eigenvalue weighted by atomic mass is 16.5. The Morgan fingerprint density at radius 3 is 2.05 bits per heavy atom. The summed E-state index contributed by atoms with van der Waals surface area (Å²) >= 11 is 0. The van der Waals surface area contributed by atoms with E-state index in [-0.39, 0.29) is 5.54 Å². The van der Waals surface area contributed by atoms with E-state index in [2.05, 4.69) is 55.6 Å². The van der Waals surface area contributed by atoms with Gasteiger partial charge in [0.1, 0.15) is 5.75 Å². The van der Waals surface area contributed by atoms with Gasteiger partial charge in [0.25, 0.3) is 0 Å². The molecule has 1 atom stereocenters. The highest BCUT2D eigenvalue weighted by Gasteiger charge is 2.40. The van der Waals surface area contributed by atoms with E-state index in [0.717, 1.165) is 5.75 Å². The third kappa shape index (κ3) is 3.41. The largest absolute Gasteiger partial charge is 0.497 e. The van der Waals surface area contributed by atoms with Crippen molar-refractivity contribution in [1.29, 1.82) is 0 Å². The molecule has 0 saturated heterocycles. The number of hydrogen-bond acceptors (Lipinski definition) is 3. The van der Waals surface area contributed by atoms with E-state index in [1.807, 2.05) is 0 Å². The second-order valence-corrected chi connectivity index (χ2v) is 6.41. The second kappa shape index (κ2) is 7.28. The minimum Gasteiger partial charge on any atom is -0.497 e. The van der Waals surface area contributed by atoms with Crippen molar-refractivity contribution in [3.05, 3.63) is 29.8 Å². The summed E-state index contributed by atoms with van der Waals surface area (Å²) in [5.74, 6) is 0.924. The van der Waals surface area contributed by atoms with Crippen LogP contribution in [0.5, 0.6) is 5.75 Å². The van der Waals surface area contributed by atoms with Crippen LogP contribution in [-0.2, 0) is 0 Å². The van der Waals surface area contributed by atoms with Crippen molar-refractivity contribution in [2.75, 3.05) is 28.3 Å². The minimum atomic E-state index is 0.208. The van der Waals surface area contributed by atoms with Gasteiger partial charge in [-0.05, 0) is 51.7 Å². The molecule has 1 N–H and O–H groups in total. The molecule has 1 aromatic rings. The van der Waals surface area contributed by atoms with Crippen LogP contribution < -0.4 is 10.1 Å². The molecule has 3 nitrogen and oxygen atoms in total. The fourth-order valence-electron chi connectivity index (χ4n) is 3.88. The van der Waals surface area contributed by atoms with Gasteiger partial charge in [0.2, 0.25) is 0 Å². The predicted molar refractivity (Wildman–Crippen MR) is 88.9 cm³/mol. The zero-order valence-electron chi connectivity index (χ0n) is 14.0. The van der Waals surface area contributed by atoms with Gasteiger partial charge in [-0.3, -0.25) is 0 Å². The molecule has 1 aliphatic carbocycles. The molecular weight excluding hydrogens is 260 g/mol. The van der Waals surface area contributed by atoms with Gasteiger partial charge in [0.15, 0.2) is 0 Å². The maximum Gasteiger partial charge on any atom is 0.118 e. The summed E-state index contributed by atoms with van der Waals surface area (Å²) in [6, 6.07) is 8.91. The smallest absolute Gasteiger partial charge is 0.118 e. The van der Waals surface area contributed by atoms with Crippen LogP contribution in [0.15, 0.2) is 24.3 Å². The second-order valence-electron chi connectivity index (χ2n) is 6.41. The molecule has 1 saturated carbocycles. The van der Waals surface area contributed by atoms with Gasteiger partial charge in [-0.1, -0.05) is 37.8 Å². The van der Waals surface area contributed by atoms with Gasteiger partial charge >= 0.3 is 0 Å². The number of ether oxygens (including phenoxy) is 1. The lowest BCUT2D eigenvalue weighted by atomic mass is 9.78. The first kappa shape index (κ1) is 16.3. The molecule has 2 rings (SSSR count). The first-order chi connectivity index (χ1) is 10.1. The van der Waals surface area contributed by atoms with Crippen LogP contribution in [0.25, 0.3) is 0 Å². The lowest BCUT2D eigenvalue weighted by Crippen LogP contribution is -2.52. The number of methoxy groups -OCH3 is 1. The van der Waals surface area contributed by atoms with Crippen molar-refractivity contribution in [2.45, 2.75) is 50.1 Å². The van der Waals surface area contributed by atoms with Crippen LogP contribution in [0.2, 0.25) is 0 Å². The normalized spacial score (nSPS) is 20.0. The Labute approximate surface area is 129 Å². The van der Waals surface area contributed by atoms with Crippen molar-refractivity contribution in [3.63, 3.8) is 0 Å². The summed E-state index contributed by atoms with van der Waals surface area (Å²) in [4.78, 5) is 2.45. The Hall–Kier alpha value is -1.06. The molecule has 21 heavy (non-hydrogen) atoms. The quantitative estimate of drug-likeness (QED) is 0.838. The lowest BCUT2D eigenvalue weighted by molar-refractivity contribution is 0.0834. The van der Waals surface area contributed by atoms with E-state index >= 15 is 0 Å². The maximum absolute atomic E-state index is 5.29. The molecule has 118 valence electrons. The zero-order valence-corrected chi connectivity index (χ0v) is 14.0. The molecule has 0 radical (unpaired) electrons. The third-order valence-electron chi connectivity index (χ3n) is 5.14. The van der Waals surface area contributed by atoms with E-state index in [1.54, 1.807) is 7.11 Å². The van der Waals surface area contributed by atoms with Crippen molar-refractivity contribution in [1.82, 2.24) is 10.2 Å². The molecule has 0 bridgehead atoms. The third-order valence-corrected chi connectivity index (χ3v) is 5.14. The average Bonchev–Trinajstić information content (AvgIpc) is 2.76. The molecule has 0 aliphatic heterocycles. The van der Waals surface area contributed by atoms with Crippen molar-refractivity contribution < 1.29 is 4.74 Å². The molecule has 0 spiro atoms. The Balaban J connectivity index is 2.34. The molecule has 1 aliphatic rings. The van der Waals surface area contributed by atoms with Crippen molar-refractivity contribution in [2.24, 2.45) is 0 Å². The number of nitrogens with one attached hydrogen (secondary N) is 1. The van der Waals surface area contributed by atoms with Crippen molar-refractivity contribution >= 4 is 0 Å². The lowest BCUT2D eigenvalue weighted by Gasteiger charge is -2.46. The molecule has 0 amide bonds. The van der Waals surface area contributed by atoms with Crippen LogP contribution in [0.4, 0.5) is 0 Å². The molecule has 1 unspecified atom stereocenters. The number of rotatable bonds is 5. The molecular formula is C18H30N2O. The Bertz CT molecular complexity index is 419. The number of hydrogen-bond donors (Lipinski definition) is 1. The first-order valence-corrected chi connectivity index (χ1v) is 8.12. The number of likely N-dealkylation sites (N-methyl/N-ethyl adjacent to an activating group) is 2. The Kier molecular flexibility index (Phi) is 5.65. The highest BCUT2D eigenvalue weighted by Crippen LogP contribution is 2.41. The number of benzene rings is 1. The van der Waals surface area contributed by atoms with Crippen LogP contribution in [0, 0.1) is 0 Å². The van der Waals surface area contributed by atoms with Crippen LogP contribution >= 0.6 is 0 Å². The van der Waals surface area contributed by atoms with Crippen molar-refractivity contribution in [3.8, 4) is 5.75 Å².